The van der Waals surface area contributed by atoms with Gasteiger partial charge in [-0.3, -0.25) is 14.9 Å². The minimum Gasteiger partial charge on any atom is -0.462 e. The van der Waals surface area contributed by atoms with Crippen LogP contribution < -0.4 is 5.56 Å². The van der Waals surface area contributed by atoms with E-state index in [1.54, 1.807) is 6.92 Å². The molecule has 0 atom stereocenters. The first-order valence-electron chi connectivity index (χ1n) is 5.94. The fourth-order valence-electron chi connectivity index (χ4n) is 1.75. The van der Waals surface area contributed by atoms with Crippen LogP contribution in [0.25, 0.3) is 10.4 Å². The lowest BCUT2D eigenvalue weighted by Gasteiger charge is -1.95. The molecule has 118 valence electrons. The monoisotopic (exact) mass is 347 g/mol. The fourth-order valence-corrected chi connectivity index (χ4v) is 3.08. The standard InChI is InChI=1S/C11H10FN3O5S2/c1-3-20-11(17)8-4-7(15(18)19)9(21-8)6-5-14(22-12)13(2)10(6)16/h4-5H,3H2,1-2H3. The summed E-state index contributed by atoms with van der Waals surface area (Å²) < 4.78 is 19.4. The maximum Gasteiger partial charge on any atom is 0.348 e. The van der Waals surface area contributed by atoms with Crippen molar-refractivity contribution >= 4 is 35.3 Å². The summed E-state index contributed by atoms with van der Waals surface area (Å²) >= 11 is 0.544. The van der Waals surface area contributed by atoms with Gasteiger partial charge in [0.2, 0.25) is 0 Å². The second kappa shape index (κ2) is 6.32. The molecule has 0 bridgehead atoms. The number of aromatic nitrogens is 2. The van der Waals surface area contributed by atoms with Crippen molar-refractivity contribution < 1.29 is 18.3 Å². The molecule has 2 aromatic rings. The van der Waals surface area contributed by atoms with E-state index in [0.717, 1.165) is 32.4 Å². The normalized spacial score (nSPS) is 10.7. The quantitative estimate of drug-likeness (QED) is 0.468. The zero-order chi connectivity index (χ0) is 16.4. The molecule has 0 radical (unpaired) electrons. The SMILES string of the molecule is CCOC(=O)c1cc([N+](=O)[O-])c(-c2cn(SF)n(C)c2=O)s1. The summed E-state index contributed by atoms with van der Waals surface area (Å²) in [6, 6.07) is 1.05. The molecule has 0 aromatic carbocycles. The van der Waals surface area contributed by atoms with E-state index in [-0.39, 0.29) is 34.3 Å². The van der Waals surface area contributed by atoms with E-state index in [9.17, 15) is 23.6 Å². The number of nitrogens with zero attached hydrogens (tertiary/aromatic N) is 3. The van der Waals surface area contributed by atoms with Crippen molar-refractivity contribution in [3.8, 4) is 10.4 Å². The van der Waals surface area contributed by atoms with Gasteiger partial charge in [0.05, 0.1) is 23.3 Å². The van der Waals surface area contributed by atoms with E-state index >= 15 is 0 Å². The number of carbonyl (C=O) groups is 1. The van der Waals surface area contributed by atoms with Gasteiger partial charge < -0.3 is 4.74 Å². The maximum absolute atomic E-state index is 12.7. The number of carbonyl (C=O) groups excluding carboxylic acids is 1. The number of halogens is 1. The van der Waals surface area contributed by atoms with Crippen LogP contribution in [0.15, 0.2) is 17.1 Å². The molecule has 2 heterocycles. The van der Waals surface area contributed by atoms with Crippen molar-refractivity contribution in [2.75, 3.05) is 6.61 Å². The van der Waals surface area contributed by atoms with Crippen LogP contribution in [-0.2, 0) is 11.8 Å². The predicted molar refractivity (Wildman–Crippen MR) is 79.7 cm³/mol. The highest BCUT2D eigenvalue weighted by Gasteiger charge is 2.27. The molecular formula is C11H10FN3O5S2. The lowest BCUT2D eigenvalue weighted by atomic mass is 10.2. The molecule has 0 N–H and O–H groups in total. The molecule has 0 fully saturated rings. The van der Waals surface area contributed by atoms with Crippen LogP contribution in [0.2, 0.25) is 0 Å². The molecule has 2 rings (SSSR count). The highest BCUT2D eigenvalue weighted by Crippen LogP contribution is 2.37. The van der Waals surface area contributed by atoms with Gasteiger partial charge >= 0.3 is 5.97 Å². The van der Waals surface area contributed by atoms with Crippen molar-refractivity contribution in [3.05, 3.63) is 37.6 Å². The topological polar surface area (TPSA) is 96.4 Å². The summed E-state index contributed by atoms with van der Waals surface area (Å²) in [5.74, 6) is -0.710. The smallest absolute Gasteiger partial charge is 0.348 e. The summed E-state index contributed by atoms with van der Waals surface area (Å²) in [6.45, 7) is 1.73. The largest absolute Gasteiger partial charge is 0.462 e. The Bertz CT molecular complexity index is 794. The van der Waals surface area contributed by atoms with E-state index < -0.39 is 22.1 Å². The van der Waals surface area contributed by atoms with Crippen LogP contribution >= 0.6 is 23.7 Å². The van der Waals surface area contributed by atoms with Gasteiger partial charge in [0, 0.05) is 13.1 Å². The van der Waals surface area contributed by atoms with E-state index in [0.29, 0.717) is 0 Å². The summed E-state index contributed by atoms with van der Waals surface area (Å²) in [7, 11) is 1.32. The van der Waals surface area contributed by atoms with Crippen molar-refractivity contribution in [2.45, 2.75) is 6.92 Å². The molecule has 0 amide bonds. The number of nitro groups is 1. The van der Waals surface area contributed by atoms with Crippen LogP contribution in [0.4, 0.5) is 9.57 Å². The van der Waals surface area contributed by atoms with Crippen LogP contribution in [0, 0.1) is 10.1 Å². The van der Waals surface area contributed by atoms with Gasteiger partial charge in [-0.25, -0.2) is 13.6 Å². The van der Waals surface area contributed by atoms with Gasteiger partial charge in [-0.1, -0.05) is 0 Å². The Kier molecular flexibility index (Phi) is 4.66. The Balaban J connectivity index is 2.62. The molecule has 2 aromatic heterocycles. The van der Waals surface area contributed by atoms with Gasteiger partial charge in [0.15, 0.2) is 12.3 Å². The summed E-state index contributed by atoms with van der Waals surface area (Å²) in [5, 5.41) is 11.1. The lowest BCUT2D eigenvalue weighted by Crippen LogP contribution is -2.16. The summed E-state index contributed by atoms with van der Waals surface area (Å²) in [5.41, 5.74) is -1.06. The molecule has 0 unspecified atom stereocenters. The zero-order valence-electron chi connectivity index (χ0n) is 11.4. The van der Waals surface area contributed by atoms with E-state index in [1.807, 2.05) is 0 Å². The first-order valence-corrected chi connectivity index (χ1v) is 7.43. The first kappa shape index (κ1) is 16.2. The number of hydrogen-bond acceptors (Lipinski definition) is 7. The van der Waals surface area contributed by atoms with Gasteiger partial charge in [-0.15, -0.1) is 15.2 Å². The molecule has 11 heteroatoms. The molecule has 0 spiro atoms. The molecule has 0 aliphatic carbocycles. The third kappa shape index (κ3) is 2.76. The van der Waals surface area contributed by atoms with Gasteiger partial charge in [0.25, 0.3) is 11.2 Å². The Labute approximate surface area is 131 Å². The van der Waals surface area contributed by atoms with Gasteiger partial charge in [-0.2, -0.15) is 0 Å². The molecule has 8 nitrogen and oxygen atoms in total. The third-order valence-corrected chi connectivity index (χ3v) is 4.39. The number of esters is 1. The average molecular weight is 347 g/mol. The minimum absolute atomic E-state index is 0.00579. The minimum atomic E-state index is -0.710. The molecule has 0 saturated carbocycles. The van der Waals surface area contributed by atoms with Crippen molar-refractivity contribution in [1.29, 1.82) is 0 Å². The first-order chi connectivity index (χ1) is 10.4. The van der Waals surface area contributed by atoms with Crippen LogP contribution in [0.5, 0.6) is 0 Å². The van der Waals surface area contributed by atoms with E-state index in [4.69, 9.17) is 4.74 Å². The third-order valence-electron chi connectivity index (χ3n) is 2.76. The maximum atomic E-state index is 12.7. The average Bonchev–Trinajstić information content (AvgIpc) is 3.03. The van der Waals surface area contributed by atoms with E-state index in [2.05, 4.69) is 0 Å². The molecular weight excluding hydrogens is 337 g/mol. The number of rotatable bonds is 5. The fraction of sp³-hybridized carbons (Fsp3) is 0.273. The molecule has 0 saturated heterocycles. The van der Waals surface area contributed by atoms with Gasteiger partial charge in [-0.05, 0) is 6.92 Å². The van der Waals surface area contributed by atoms with Crippen molar-refractivity contribution in [3.63, 3.8) is 0 Å². The van der Waals surface area contributed by atoms with Crippen LogP contribution in [-0.4, -0.2) is 26.3 Å². The second-order valence-corrected chi connectivity index (χ2v) is 5.61. The number of ether oxygens (including phenoxy) is 1. The Morgan fingerprint density at radius 2 is 2.27 bits per heavy atom. The van der Waals surface area contributed by atoms with Crippen LogP contribution in [0.3, 0.4) is 0 Å². The summed E-state index contributed by atoms with van der Waals surface area (Å²) in [6.07, 6.45) is 1.14. The van der Waals surface area contributed by atoms with Crippen molar-refractivity contribution in [2.24, 2.45) is 7.05 Å². The summed E-state index contributed by atoms with van der Waals surface area (Å²) in [4.78, 5) is 34.2. The highest BCUT2D eigenvalue weighted by atomic mass is 32.2. The molecule has 0 aliphatic rings. The van der Waals surface area contributed by atoms with E-state index in [1.165, 1.54) is 7.05 Å². The second-order valence-electron chi connectivity index (χ2n) is 4.05. The van der Waals surface area contributed by atoms with Crippen molar-refractivity contribution in [1.82, 2.24) is 8.77 Å². The Morgan fingerprint density at radius 1 is 1.59 bits per heavy atom. The number of hydrogen-bond donors (Lipinski definition) is 0. The lowest BCUT2D eigenvalue weighted by molar-refractivity contribution is -0.383. The van der Waals surface area contributed by atoms with Gasteiger partial charge in [0.1, 0.15) is 9.75 Å². The van der Waals surface area contributed by atoms with Crippen LogP contribution in [0.1, 0.15) is 16.6 Å². The number of thiophene rings is 1. The zero-order valence-corrected chi connectivity index (χ0v) is 13.1. The Morgan fingerprint density at radius 3 is 2.77 bits per heavy atom. The Hall–Kier alpha value is -2.14. The highest BCUT2D eigenvalue weighted by molar-refractivity contribution is 7.92. The molecule has 0 aliphatic heterocycles. The molecule has 22 heavy (non-hydrogen) atoms. The predicted octanol–water partition coefficient (Wildman–Crippen LogP) is 2.38.